The lowest BCUT2D eigenvalue weighted by Crippen LogP contribution is -2.27. The number of carboxylic acids is 1. The van der Waals surface area contributed by atoms with Crippen molar-refractivity contribution in [3.63, 3.8) is 0 Å². The van der Waals surface area contributed by atoms with Crippen LogP contribution < -0.4 is 0 Å². The fourth-order valence-corrected chi connectivity index (χ4v) is 3.04. The van der Waals surface area contributed by atoms with Gasteiger partial charge in [-0.2, -0.15) is 0 Å². The molecule has 0 spiro atoms. The van der Waals surface area contributed by atoms with Crippen LogP contribution in [0.2, 0.25) is 0 Å². The van der Waals surface area contributed by atoms with E-state index in [0.717, 1.165) is 18.7 Å². The standard InChI is InChI=1S/C12H17NO4S/c1-16-9-6-13(7-10(9)17-2)5-8-3-4-18-11(8)12(14)15/h3-4,9-10H,5-7H2,1-2H3,(H,14,15). The molecule has 0 aromatic carbocycles. The lowest BCUT2D eigenvalue weighted by atomic mass is 10.2. The van der Waals surface area contributed by atoms with Crippen molar-refractivity contribution in [1.82, 2.24) is 4.90 Å². The lowest BCUT2D eigenvalue weighted by molar-refractivity contribution is -0.00461. The molecule has 1 aliphatic rings. The van der Waals surface area contributed by atoms with Gasteiger partial charge in [-0.05, 0) is 17.0 Å². The van der Waals surface area contributed by atoms with Gasteiger partial charge in [0.15, 0.2) is 0 Å². The number of nitrogens with zero attached hydrogens (tertiary/aromatic N) is 1. The maximum Gasteiger partial charge on any atom is 0.346 e. The molecule has 0 aliphatic carbocycles. The zero-order valence-corrected chi connectivity index (χ0v) is 11.3. The van der Waals surface area contributed by atoms with Crippen LogP contribution in [0.3, 0.4) is 0 Å². The van der Waals surface area contributed by atoms with Gasteiger partial charge in [0.2, 0.25) is 0 Å². The smallest absolute Gasteiger partial charge is 0.346 e. The van der Waals surface area contributed by atoms with Gasteiger partial charge >= 0.3 is 5.97 Å². The molecule has 0 bridgehead atoms. The van der Waals surface area contributed by atoms with Crippen molar-refractivity contribution in [1.29, 1.82) is 0 Å². The lowest BCUT2D eigenvalue weighted by Gasteiger charge is -2.14. The first-order chi connectivity index (χ1) is 8.65. The number of carboxylic acid groups (broad SMARTS) is 1. The van der Waals surface area contributed by atoms with Gasteiger partial charge in [0.25, 0.3) is 0 Å². The van der Waals surface area contributed by atoms with E-state index >= 15 is 0 Å². The van der Waals surface area contributed by atoms with E-state index in [4.69, 9.17) is 14.6 Å². The van der Waals surface area contributed by atoms with Crippen LogP contribution in [0, 0.1) is 0 Å². The molecule has 1 fully saturated rings. The molecule has 2 rings (SSSR count). The van der Waals surface area contributed by atoms with Crippen LogP contribution in [0.5, 0.6) is 0 Å². The van der Waals surface area contributed by atoms with E-state index in [1.165, 1.54) is 11.3 Å². The second-order valence-corrected chi connectivity index (χ2v) is 5.24. The summed E-state index contributed by atoms with van der Waals surface area (Å²) in [5.74, 6) is -0.856. The van der Waals surface area contributed by atoms with Crippen LogP contribution in [0.4, 0.5) is 0 Å². The molecule has 5 nitrogen and oxygen atoms in total. The van der Waals surface area contributed by atoms with E-state index in [0.29, 0.717) is 11.4 Å². The minimum Gasteiger partial charge on any atom is -0.477 e. The van der Waals surface area contributed by atoms with Gasteiger partial charge in [0.1, 0.15) is 4.88 Å². The Labute approximate surface area is 110 Å². The van der Waals surface area contributed by atoms with Gasteiger partial charge in [-0.15, -0.1) is 11.3 Å². The van der Waals surface area contributed by atoms with E-state index in [2.05, 4.69) is 4.90 Å². The van der Waals surface area contributed by atoms with Crippen molar-refractivity contribution in [3.05, 3.63) is 21.9 Å². The maximum atomic E-state index is 11.0. The molecule has 0 radical (unpaired) electrons. The Morgan fingerprint density at radius 3 is 2.56 bits per heavy atom. The van der Waals surface area contributed by atoms with E-state index < -0.39 is 5.97 Å². The zero-order valence-electron chi connectivity index (χ0n) is 10.5. The third-order valence-electron chi connectivity index (χ3n) is 3.23. The van der Waals surface area contributed by atoms with E-state index in [1.807, 2.05) is 11.4 Å². The van der Waals surface area contributed by atoms with E-state index in [9.17, 15) is 4.79 Å². The van der Waals surface area contributed by atoms with Gasteiger partial charge in [0, 0.05) is 33.9 Å². The monoisotopic (exact) mass is 271 g/mol. The van der Waals surface area contributed by atoms with Crippen molar-refractivity contribution in [2.24, 2.45) is 0 Å². The number of carbonyl (C=O) groups is 1. The number of hydrogen-bond acceptors (Lipinski definition) is 5. The summed E-state index contributed by atoms with van der Waals surface area (Å²) in [7, 11) is 3.35. The van der Waals surface area contributed by atoms with Crippen molar-refractivity contribution in [2.45, 2.75) is 18.8 Å². The highest BCUT2D eigenvalue weighted by Gasteiger charge is 2.33. The predicted octanol–water partition coefficient (Wildman–Crippen LogP) is 1.29. The number of rotatable bonds is 5. The summed E-state index contributed by atoms with van der Waals surface area (Å²) in [5.41, 5.74) is 0.860. The third kappa shape index (κ3) is 2.72. The summed E-state index contributed by atoms with van der Waals surface area (Å²) in [5, 5.41) is 10.9. The first-order valence-corrected chi connectivity index (χ1v) is 6.61. The normalized spacial score (nSPS) is 24.6. The fraction of sp³-hybridized carbons (Fsp3) is 0.583. The van der Waals surface area contributed by atoms with Crippen LogP contribution in [0.1, 0.15) is 15.2 Å². The fourth-order valence-electron chi connectivity index (χ4n) is 2.29. The van der Waals surface area contributed by atoms with Crippen LogP contribution in [-0.4, -0.2) is 55.5 Å². The van der Waals surface area contributed by atoms with Gasteiger partial charge < -0.3 is 14.6 Å². The molecular weight excluding hydrogens is 254 g/mol. The van der Waals surface area contributed by atoms with Gasteiger partial charge in [0.05, 0.1) is 12.2 Å². The topological polar surface area (TPSA) is 59.0 Å². The maximum absolute atomic E-state index is 11.0. The minimum atomic E-state index is -0.856. The summed E-state index contributed by atoms with van der Waals surface area (Å²) in [6.45, 7) is 2.17. The Morgan fingerprint density at radius 1 is 1.44 bits per heavy atom. The van der Waals surface area contributed by atoms with Gasteiger partial charge in [-0.1, -0.05) is 0 Å². The molecule has 2 heterocycles. The molecule has 1 N–H and O–H groups in total. The summed E-state index contributed by atoms with van der Waals surface area (Å²) in [4.78, 5) is 13.6. The zero-order chi connectivity index (χ0) is 13.1. The molecule has 100 valence electrons. The Hall–Kier alpha value is -0.950. The molecule has 0 amide bonds. The summed E-state index contributed by atoms with van der Waals surface area (Å²) >= 11 is 1.27. The highest BCUT2D eigenvalue weighted by molar-refractivity contribution is 7.12. The van der Waals surface area contributed by atoms with Gasteiger partial charge in [-0.3, -0.25) is 4.90 Å². The third-order valence-corrected chi connectivity index (χ3v) is 4.18. The second kappa shape index (κ2) is 5.79. The van der Waals surface area contributed by atoms with Crippen LogP contribution >= 0.6 is 11.3 Å². The highest BCUT2D eigenvalue weighted by Crippen LogP contribution is 2.22. The number of ether oxygens (including phenoxy) is 2. The van der Waals surface area contributed by atoms with Crippen molar-refractivity contribution < 1.29 is 19.4 Å². The van der Waals surface area contributed by atoms with Gasteiger partial charge in [-0.25, -0.2) is 4.79 Å². The molecule has 6 heteroatoms. The number of hydrogen-bond donors (Lipinski definition) is 1. The average Bonchev–Trinajstić information content (AvgIpc) is 2.95. The predicted molar refractivity (Wildman–Crippen MR) is 68.1 cm³/mol. The summed E-state index contributed by atoms with van der Waals surface area (Å²) < 4.78 is 10.7. The molecular formula is C12H17NO4S. The quantitative estimate of drug-likeness (QED) is 0.874. The summed E-state index contributed by atoms with van der Waals surface area (Å²) in [6.07, 6.45) is 0.115. The van der Waals surface area contributed by atoms with Crippen LogP contribution in [0.15, 0.2) is 11.4 Å². The Bertz CT molecular complexity index is 408. The largest absolute Gasteiger partial charge is 0.477 e. The molecule has 1 aromatic heterocycles. The number of thiophene rings is 1. The first-order valence-electron chi connectivity index (χ1n) is 5.73. The Morgan fingerprint density at radius 2 is 2.06 bits per heavy atom. The van der Waals surface area contributed by atoms with Crippen LogP contribution in [-0.2, 0) is 16.0 Å². The van der Waals surface area contributed by atoms with E-state index in [1.54, 1.807) is 14.2 Å². The van der Waals surface area contributed by atoms with E-state index in [-0.39, 0.29) is 12.2 Å². The van der Waals surface area contributed by atoms with Crippen molar-refractivity contribution in [2.75, 3.05) is 27.3 Å². The number of aromatic carboxylic acids is 1. The highest BCUT2D eigenvalue weighted by atomic mass is 32.1. The number of methoxy groups -OCH3 is 2. The van der Waals surface area contributed by atoms with Crippen molar-refractivity contribution >= 4 is 17.3 Å². The minimum absolute atomic E-state index is 0.0573. The molecule has 2 atom stereocenters. The first kappa shape index (κ1) is 13.5. The van der Waals surface area contributed by atoms with Crippen molar-refractivity contribution in [3.8, 4) is 0 Å². The SMILES string of the molecule is COC1CN(Cc2ccsc2C(=O)O)CC1OC. The van der Waals surface area contributed by atoms with Crippen LogP contribution in [0.25, 0.3) is 0 Å². The molecule has 0 saturated carbocycles. The summed E-state index contributed by atoms with van der Waals surface area (Å²) in [6, 6.07) is 1.87. The molecule has 2 unspecified atom stereocenters. The molecule has 1 aliphatic heterocycles. The second-order valence-electron chi connectivity index (χ2n) is 4.32. The molecule has 18 heavy (non-hydrogen) atoms. The number of likely N-dealkylation sites (tertiary alicyclic amines) is 1. The molecule has 1 aromatic rings. The Balaban J connectivity index is 2.02. The Kier molecular flexibility index (Phi) is 4.34. The molecule has 1 saturated heterocycles. The average molecular weight is 271 g/mol.